The Kier molecular flexibility index (Phi) is 4.00. The molecule has 1 saturated carbocycles. The number of benzene rings is 2. The maximum Gasteiger partial charge on any atom is 0.310 e. The van der Waals surface area contributed by atoms with E-state index in [9.17, 15) is 4.79 Å². The maximum atomic E-state index is 10.8. The smallest absolute Gasteiger partial charge is 0.310 e. The summed E-state index contributed by atoms with van der Waals surface area (Å²) in [6.45, 7) is 2.54. The molecule has 0 aliphatic heterocycles. The van der Waals surface area contributed by atoms with Gasteiger partial charge >= 0.3 is 5.97 Å². The van der Waals surface area contributed by atoms with Gasteiger partial charge in [0, 0.05) is 12.5 Å². The zero-order valence-corrected chi connectivity index (χ0v) is 12.4. The van der Waals surface area contributed by atoms with Crippen molar-refractivity contribution in [3.05, 3.63) is 59.7 Å². The number of hydrogen-bond acceptors (Lipinski definition) is 3. The van der Waals surface area contributed by atoms with Crippen LogP contribution in [0.25, 0.3) is 0 Å². The van der Waals surface area contributed by atoms with Gasteiger partial charge in [0.2, 0.25) is 0 Å². The number of carboxylic acid groups (broad SMARTS) is 1. The molecular weight excluding hydrogens is 280 g/mol. The first kappa shape index (κ1) is 14.4. The van der Waals surface area contributed by atoms with Crippen LogP contribution >= 0.6 is 0 Å². The third-order valence-electron chi connectivity index (χ3n) is 3.63. The highest BCUT2D eigenvalue weighted by molar-refractivity contribution is 5.74. The van der Waals surface area contributed by atoms with Crippen LogP contribution in [-0.2, 0) is 11.4 Å². The summed E-state index contributed by atoms with van der Waals surface area (Å²) in [7, 11) is 0. The van der Waals surface area contributed by atoms with Crippen LogP contribution in [0.4, 0.5) is 0 Å². The molecule has 1 aliphatic rings. The summed E-state index contributed by atoms with van der Waals surface area (Å²) in [4.78, 5) is 10.8. The maximum absolute atomic E-state index is 10.8. The second-order valence-electron chi connectivity index (χ2n) is 5.59. The quantitative estimate of drug-likeness (QED) is 0.887. The van der Waals surface area contributed by atoms with Crippen molar-refractivity contribution in [1.29, 1.82) is 0 Å². The van der Waals surface area contributed by atoms with Crippen LogP contribution in [0.1, 0.15) is 17.5 Å². The lowest BCUT2D eigenvalue weighted by atomic mass is 10.1. The fourth-order valence-electron chi connectivity index (χ4n) is 2.34. The van der Waals surface area contributed by atoms with Crippen LogP contribution < -0.4 is 9.47 Å². The first-order valence-corrected chi connectivity index (χ1v) is 7.30. The van der Waals surface area contributed by atoms with Gasteiger partial charge in [0.15, 0.2) is 0 Å². The summed E-state index contributed by atoms with van der Waals surface area (Å²) in [5, 5.41) is 8.88. The summed E-state index contributed by atoms with van der Waals surface area (Å²) in [5.74, 6) is 0.191. The highest BCUT2D eigenvalue weighted by Gasteiger charge is 2.45. The van der Waals surface area contributed by atoms with E-state index in [0.29, 0.717) is 24.5 Å². The largest absolute Gasteiger partial charge is 0.489 e. The van der Waals surface area contributed by atoms with E-state index in [1.54, 1.807) is 6.07 Å². The molecule has 2 atom stereocenters. The van der Waals surface area contributed by atoms with Gasteiger partial charge in [0.25, 0.3) is 0 Å². The normalized spacial score (nSPS) is 19.5. The first-order chi connectivity index (χ1) is 10.6. The molecule has 0 aromatic heterocycles. The van der Waals surface area contributed by atoms with Gasteiger partial charge in [-0.25, -0.2) is 0 Å². The second kappa shape index (κ2) is 6.10. The summed E-state index contributed by atoms with van der Waals surface area (Å²) in [6.07, 6.45) is 0.355. The van der Waals surface area contributed by atoms with E-state index in [4.69, 9.17) is 14.6 Å². The van der Waals surface area contributed by atoms with Crippen molar-refractivity contribution in [2.45, 2.75) is 26.1 Å². The van der Waals surface area contributed by atoms with Crippen molar-refractivity contribution >= 4 is 5.97 Å². The molecule has 4 nitrogen and oxygen atoms in total. The number of aryl methyl sites for hydroxylation is 1. The lowest BCUT2D eigenvalue weighted by Crippen LogP contribution is -2.07. The van der Waals surface area contributed by atoms with Gasteiger partial charge in [-0.1, -0.05) is 35.9 Å². The molecule has 1 aliphatic carbocycles. The fourth-order valence-corrected chi connectivity index (χ4v) is 2.34. The summed E-state index contributed by atoms with van der Waals surface area (Å²) >= 11 is 0. The Balaban J connectivity index is 1.58. The van der Waals surface area contributed by atoms with E-state index >= 15 is 0 Å². The predicted molar refractivity (Wildman–Crippen MR) is 82.1 cm³/mol. The minimum atomic E-state index is -0.795. The third-order valence-corrected chi connectivity index (χ3v) is 3.63. The Morgan fingerprint density at radius 1 is 1.18 bits per heavy atom. The van der Waals surface area contributed by atoms with Gasteiger partial charge in [-0.3, -0.25) is 4.79 Å². The number of hydrogen-bond donors (Lipinski definition) is 1. The van der Waals surface area contributed by atoms with Gasteiger partial charge in [-0.05, 0) is 24.6 Å². The molecule has 2 aromatic carbocycles. The van der Waals surface area contributed by atoms with Gasteiger partial charge in [0.05, 0.1) is 5.92 Å². The van der Waals surface area contributed by atoms with Crippen molar-refractivity contribution in [3.8, 4) is 11.5 Å². The average molecular weight is 298 g/mol. The van der Waals surface area contributed by atoms with Crippen molar-refractivity contribution < 1.29 is 19.4 Å². The number of carbonyl (C=O) groups is 1. The monoisotopic (exact) mass is 298 g/mol. The van der Waals surface area contributed by atoms with Gasteiger partial charge in [0.1, 0.15) is 24.2 Å². The van der Waals surface area contributed by atoms with Crippen molar-refractivity contribution in [2.75, 3.05) is 0 Å². The molecule has 4 heteroatoms. The molecule has 0 radical (unpaired) electrons. The van der Waals surface area contributed by atoms with E-state index in [-0.39, 0.29) is 12.0 Å². The molecule has 0 bridgehead atoms. The molecule has 3 rings (SSSR count). The number of aliphatic carboxylic acids is 1. The number of ether oxygens (including phenoxy) is 2. The third kappa shape index (κ3) is 3.58. The number of rotatable bonds is 6. The standard InChI is InChI=1S/C18H18O4/c1-12-4-2-5-13(8-12)11-21-14-6-3-7-15(9-14)22-17-10-16(17)18(19)20/h2-9,16-17H,10-11H2,1H3,(H,19,20)/t16?,17-/m1/s1. The summed E-state index contributed by atoms with van der Waals surface area (Å²) < 4.78 is 11.4. The molecule has 0 heterocycles. The molecule has 1 unspecified atom stereocenters. The Hall–Kier alpha value is -2.49. The van der Waals surface area contributed by atoms with Crippen molar-refractivity contribution in [2.24, 2.45) is 5.92 Å². The summed E-state index contributed by atoms with van der Waals surface area (Å²) in [6, 6.07) is 15.5. The Labute approximate surface area is 129 Å². The van der Waals surface area contributed by atoms with Crippen LogP contribution in [0, 0.1) is 12.8 Å². The van der Waals surface area contributed by atoms with E-state index in [1.165, 1.54) is 5.56 Å². The Bertz CT molecular complexity index is 680. The van der Waals surface area contributed by atoms with Gasteiger partial charge in [-0.15, -0.1) is 0 Å². The molecular formula is C18H18O4. The van der Waals surface area contributed by atoms with E-state index in [0.717, 1.165) is 5.56 Å². The van der Waals surface area contributed by atoms with Gasteiger partial charge in [-0.2, -0.15) is 0 Å². The minimum absolute atomic E-state index is 0.218. The first-order valence-electron chi connectivity index (χ1n) is 7.30. The molecule has 22 heavy (non-hydrogen) atoms. The minimum Gasteiger partial charge on any atom is -0.489 e. The molecule has 1 fully saturated rings. The second-order valence-corrected chi connectivity index (χ2v) is 5.59. The van der Waals surface area contributed by atoms with Crippen LogP contribution in [0.2, 0.25) is 0 Å². The van der Waals surface area contributed by atoms with Crippen LogP contribution in [0.15, 0.2) is 48.5 Å². The average Bonchev–Trinajstić information content (AvgIpc) is 3.25. The predicted octanol–water partition coefficient (Wildman–Crippen LogP) is 3.43. The fraction of sp³-hybridized carbons (Fsp3) is 0.278. The lowest BCUT2D eigenvalue weighted by molar-refractivity contribution is -0.139. The molecule has 2 aromatic rings. The van der Waals surface area contributed by atoms with Crippen molar-refractivity contribution in [1.82, 2.24) is 0 Å². The Morgan fingerprint density at radius 2 is 1.95 bits per heavy atom. The molecule has 114 valence electrons. The van der Waals surface area contributed by atoms with E-state index in [1.807, 2.05) is 43.3 Å². The highest BCUT2D eigenvalue weighted by Crippen LogP contribution is 2.35. The summed E-state index contributed by atoms with van der Waals surface area (Å²) in [5.41, 5.74) is 2.31. The zero-order valence-electron chi connectivity index (χ0n) is 12.4. The zero-order chi connectivity index (χ0) is 15.5. The van der Waals surface area contributed by atoms with Gasteiger partial charge < -0.3 is 14.6 Å². The topological polar surface area (TPSA) is 55.8 Å². The number of carboxylic acids is 1. The SMILES string of the molecule is Cc1cccc(COc2cccc(O[C@@H]3CC3C(=O)O)c2)c1. The van der Waals surface area contributed by atoms with Crippen LogP contribution in [0.5, 0.6) is 11.5 Å². The Morgan fingerprint density at radius 3 is 2.68 bits per heavy atom. The van der Waals surface area contributed by atoms with Crippen molar-refractivity contribution in [3.63, 3.8) is 0 Å². The molecule has 0 saturated heterocycles. The molecule has 0 spiro atoms. The van der Waals surface area contributed by atoms with Crippen LogP contribution in [0.3, 0.4) is 0 Å². The lowest BCUT2D eigenvalue weighted by Gasteiger charge is -2.09. The highest BCUT2D eigenvalue weighted by atomic mass is 16.5. The van der Waals surface area contributed by atoms with E-state index in [2.05, 4.69) is 6.07 Å². The van der Waals surface area contributed by atoms with Crippen LogP contribution in [-0.4, -0.2) is 17.2 Å². The molecule has 0 amide bonds. The van der Waals surface area contributed by atoms with E-state index < -0.39 is 5.97 Å². The molecule has 1 N–H and O–H groups in total.